The Morgan fingerprint density at radius 2 is 1.84 bits per heavy atom. The number of likely N-dealkylation sites (N-methyl/N-ethyl adjacent to an activating group) is 2. The van der Waals surface area contributed by atoms with Gasteiger partial charge in [-0.3, -0.25) is 19.3 Å². The number of hydrogen-bond donors (Lipinski definition) is 4. The van der Waals surface area contributed by atoms with Gasteiger partial charge in [0.2, 0.25) is 11.8 Å². The van der Waals surface area contributed by atoms with E-state index in [0.717, 1.165) is 37.1 Å². The lowest BCUT2D eigenvalue weighted by Crippen LogP contribution is -2.58. The Bertz CT molecular complexity index is 1400. The normalized spacial score (nSPS) is 18.7. The number of piperidine rings is 1. The van der Waals surface area contributed by atoms with Crippen molar-refractivity contribution in [3.05, 3.63) is 40.3 Å². The summed E-state index contributed by atoms with van der Waals surface area (Å²) in [4.78, 5) is 47.5. The number of nitrogen functional groups attached to an aromatic ring is 1. The van der Waals surface area contributed by atoms with Crippen molar-refractivity contribution in [1.29, 1.82) is 0 Å². The van der Waals surface area contributed by atoms with Crippen molar-refractivity contribution in [3.63, 3.8) is 0 Å². The first-order chi connectivity index (χ1) is 20.7. The highest BCUT2D eigenvalue weighted by molar-refractivity contribution is 7.90. The van der Waals surface area contributed by atoms with Crippen LogP contribution in [0.2, 0.25) is 0 Å². The SMILES string of the molecule is CC[C@@H](C)[C@H](NC(=O)[C@H]1CCCCN1C)C(=O)N(C)[C@H](C[C@@H](O)c1nc(C(=O)NS(=O)(=O)c2ccc(N)cc2)cs1)C(C)C. The van der Waals surface area contributed by atoms with E-state index in [1.54, 1.807) is 11.9 Å². The molecule has 0 unspecified atom stereocenters. The molecule has 1 aliphatic rings. The van der Waals surface area contributed by atoms with Crippen molar-refractivity contribution in [2.75, 3.05) is 26.4 Å². The van der Waals surface area contributed by atoms with Gasteiger partial charge in [-0.1, -0.05) is 40.5 Å². The molecule has 3 amide bonds. The number of carbonyl (C=O) groups is 3. The Morgan fingerprint density at radius 3 is 2.43 bits per heavy atom. The van der Waals surface area contributed by atoms with Crippen molar-refractivity contribution in [3.8, 4) is 0 Å². The molecule has 0 bridgehead atoms. The second kappa shape index (κ2) is 15.3. The summed E-state index contributed by atoms with van der Waals surface area (Å²) in [6, 6.07) is 4.01. The maximum Gasteiger partial charge on any atom is 0.284 e. The van der Waals surface area contributed by atoms with Gasteiger partial charge in [0.25, 0.3) is 15.9 Å². The molecule has 5 atom stereocenters. The summed E-state index contributed by atoms with van der Waals surface area (Å²) in [5.41, 5.74) is 5.84. The van der Waals surface area contributed by atoms with Crippen LogP contribution in [-0.4, -0.2) is 84.8 Å². The monoisotopic (exact) mass is 650 g/mol. The van der Waals surface area contributed by atoms with Crippen molar-refractivity contribution in [1.82, 2.24) is 24.8 Å². The summed E-state index contributed by atoms with van der Waals surface area (Å²) in [6.45, 7) is 8.64. The minimum atomic E-state index is -4.15. The van der Waals surface area contributed by atoms with Crippen LogP contribution in [0.3, 0.4) is 0 Å². The van der Waals surface area contributed by atoms with E-state index in [9.17, 15) is 27.9 Å². The Hall–Kier alpha value is -3.07. The van der Waals surface area contributed by atoms with Crippen molar-refractivity contribution >= 4 is 44.8 Å². The van der Waals surface area contributed by atoms with Crippen molar-refractivity contribution < 1.29 is 27.9 Å². The molecule has 44 heavy (non-hydrogen) atoms. The molecule has 0 spiro atoms. The van der Waals surface area contributed by atoms with Gasteiger partial charge in [-0.25, -0.2) is 18.1 Å². The molecule has 0 saturated carbocycles. The van der Waals surface area contributed by atoms with Crippen LogP contribution in [0, 0.1) is 11.8 Å². The molecule has 0 aliphatic carbocycles. The van der Waals surface area contributed by atoms with Gasteiger partial charge in [0.05, 0.1) is 10.9 Å². The molecule has 2 heterocycles. The lowest BCUT2D eigenvalue weighted by Gasteiger charge is -2.38. The van der Waals surface area contributed by atoms with Crippen LogP contribution in [0.4, 0.5) is 5.69 Å². The van der Waals surface area contributed by atoms with Crippen molar-refractivity contribution in [2.45, 2.75) is 88.9 Å². The lowest BCUT2D eigenvalue weighted by molar-refractivity contribution is -0.141. The smallest absolute Gasteiger partial charge is 0.284 e. The molecule has 12 nitrogen and oxygen atoms in total. The Labute approximate surface area is 264 Å². The topological polar surface area (TPSA) is 175 Å². The highest BCUT2D eigenvalue weighted by atomic mass is 32.2. The van der Waals surface area contributed by atoms with Gasteiger partial charge in [-0.15, -0.1) is 11.3 Å². The van der Waals surface area contributed by atoms with Crippen LogP contribution in [0.25, 0.3) is 0 Å². The molecule has 1 fully saturated rings. The van der Waals surface area contributed by atoms with E-state index in [0.29, 0.717) is 12.1 Å². The number of amides is 3. The van der Waals surface area contributed by atoms with Crippen LogP contribution >= 0.6 is 11.3 Å². The van der Waals surface area contributed by atoms with Gasteiger partial charge in [0.15, 0.2) is 0 Å². The number of aromatic nitrogens is 1. The highest BCUT2D eigenvalue weighted by Gasteiger charge is 2.36. The molecular formula is C30H46N6O6S2. The molecule has 5 N–H and O–H groups in total. The van der Waals surface area contributed by atoms with Crippen LogP contribution in [0.15, 0.2) is 34.5 Å². The van der Waals surface area contributed by atoms with Gasteiger partial charge in [-0.2, -0.15) is 0 Å². The number of nitrogens with two attached hydrogens (primary N) is 1. The third kappa shape index (κ3) is 8.77. The molecular weight excluding hydrogens is 605 g/mol. The number of aliphatic hydroxyl groups excluding tert-OH is 1. The zero-order chi connectivity index (χ0) is 32.8. The van der Waals surface area contributed by atoms with Crippen LogP contribution in [-0.2, 0) is 19.6 Å². The summed E-state index contributed by atoms with van der Waals surface area (Å²) in [5, 5.41) is 15.7. The summed E-state index contributed by atoms with van der Waals surface area (Å²) >= 11 is 1.02. The molecule has 0 radical (unpaired) electrons. The molecule has 1 aliphatic heterocycles. The summed E-state index contributed by atoms with van der Waals surface area (Å²) in [5.74, 6) is -1.47. The molecule has 1 saturated heterocycles. The Balaban J connectivity index is 1.71. The fourth-order valence-electron chi connectivity index (χ4n) is 5.35. The number of nitrogens with one attached hydrogen (secondary N) is 2. The maximum absolute atomic E-state index is 13.9. The summed E-state index contributed by atoms with van der Waals surface area (Å²) in [6.07, 6.45) is 2.47. The number of rotatable bonds is 13. The third-order valence-electron chi connectivity index (χ3n) is 8.39. The summed E-state index contributed by atoms with van der Waals surface area (Å²) in [7, 11) is -0.547. The highest BCUT2D eigenvalue weighted by Crippen LogP contribution is 2.28. The predicted molar refractivity (Wildman–Crippen MR) is 170 cm³/mol. The van der Waals surface area contributed by atoms with Crippen LogP contribution < -0.4 is 15.8 Å². The largest absolute Gasteiger partial charge is 0.399 e. The number of aliphatic hydroxyl groups is 1. The van der Waals surface area contributed by atoms with E-state index < -0.39 is 34.1 Å². The molecule has 3 rings (SSSR count). The first kappa shape index (κ1) is 35.4. The van der Waals surface area contributed by atoms with E-state index in [1.807, 2.05) is 44.4 Å². The molecule has 14 heteroatoms. The van der Waals surface area contributed by atoms with E-state index in [4.69, 9.17) is 5.73 Å². The third-order valence-corrected chi connectivity index (χ3v) is 10.7. The van der Waals surface area contributed by atoms with Gasteiger partial charge in [0.1, 0.15) is 22.8 Å². The van der Waals surface area contributed by atoms with Gasteiger partial charge >= 0.3 is 0 Å². The zero-order valence-corrected chi connectivity index (χ0v) is 28.0. The number of hydrogen-bond acceptors (Lipinski definition) is 10. The second-order valence-electron chi connectivity index (χ2n) is 12.0. The van der Waals surface area contributed by atoms with Gasteiger partial charge < -0.3 is 21.1 Å². The average molecular weight is 651 g/mol. The van der Waals surface area contributed by atoms with E-state index in [-0.39, 0.29) is 51.7 Å². The Morgan fingerprint density at radius 1 is 1.18 bits per heavy atom. The van der Waals surface area contributed by atoms with E-state index in [1.165, 1.54) is 29.6 Å². The number of thiazole rings is 1. The van der Waals surface area contributed by atoms with Gasteiger partial charge in [-0.05, 0) is 62.5 Å². The maximum atomic E-state index is 13.9. The lowest BCUT2D eigenvalue weighted by atomic mass is 9.92. The van der Waals surface area contributed by atoms with E-state index >= 15 is 0 Å². The fourth-order valence-corrected chi connectivity index (χ4v) is 7.11. The Kier molecular flexibility index (Phi) is 12.3. The number of carbonyl (C=O) groups excluding carboxylic acids is 3. The number of sulfonamides is 1. The molecule has 1 aromatic heterocycles. The minimum absolute atomic E-state index is 0.0517. The number of nitrogens with zero attached hydrogens (tertiary/aromatic N) is 3. The van der Waals surface area contributed by atoms with Gasteiger partial charge in [0, 0.05) is 30.6 Å². The number of anilines is 1. The van der Waals surface area contributed by atoms with Crippen molar-refractivity contribution in [2.24, 2.45) is 11.8 Å². The standard InChI is InChI=1S/C30H46N6O6S2/c1-7-19(4)26(33-28(39)23-10-8-9-15-35(23)5)30(40)36(6)24(18(2)3)16-25(37)29-32-22(17-43-29)27(38)34-44(41,42)21-13-11-20(31)12-14-21/h11-14,17-19,23-26,37H,7-10,15-16,31H2,1-6H3,(H,33,39)(H,34,38)/t19-,23-,24-,25-,26+/m1/s1. The first-order valence-corrected chi connectivity index (χ1v) is 17.4. The number of benzene rings is 1. The molecule has 2 aromatic rings. The zero-order valence-electron chi connectivity index (χ0n) is 26.3. The van der Waals surface area contributed by atoms with Crippen LogP contribution in [0.1, 0.15) is 81.4 Å². The molecule has 244 valence electrons. The predicted octanol–water partition coefficient (Wildman–Crippen LogP) is 2.77. The summed E-state index contributed by atoms with van der Waals surface area (Å²) < 4.78 is 27.2. The second-order valence-corrected chi connectivity index (χ2v) is 14.5. The number of likely N-dealkylation sites (tertiary alicyclic amines) is 1. The fraction of sp³-hybridized carbons (Fsp3) is 0.600. The quantitative estimate of drug-likeness (QED) is 0.238. The minimum Gasteiger partial charge on any atom is -0.399 e. The van der Waals surface area contributed by atoms with Crippen LogP contribution in [0.5, 0.6) is 0 Å². The molecule has 1 aromatic carbocycles. The first-order valence-electron chi connectivity index (χ1n) is 15.0. The average Bonchev–Trinajstić information content (AvgIpc) is 3.48. The van der Waals surface area contributed by atoms with E-state index in [2.05, 4.69) is 10.3 Å².